The predicted molar refractivity (Wildman–Crippen MR) is 276 cm³/mol. The van der Waals surface area contributed by atoms with E-state index in [1.807, 2.05) is 49.2 Å². The summed E-state index contributed by atoms with van der Waals surface area (Å²) in [6.45, 7) is 8.86. The molecule has 2 saturated heterocycles. The molecular weight excluding hydrogens is 968 g/mol. The van der Waals surface area contributed by atoms with E-state index in [2.05, 4.69) is 44.3 Å². The first-order chi connectivity index (χ1) is 35.2. The van der Waals surface area contributed by atoms with Gasteiger partial charge in [-0.15, -0.1) is 11.3 Å². The Hall–Kier alpha value is -6.54. The summed E-state index contributed by atoms with van der Waals surface area (Å²) in [5, 5.41) is 7.56. The van der Waals surface area contributed by atoms with Crippen molar-refractivity contribution in [2.75, 3.05) is 26.9 Å². The number of nitrogens with one attached hydrogen (secondary N) is 4. The fraction of sp³-hybridized carbons (Fsp3) is 0.491. The molecule has 11 rings (SSSR count). The molecule has 0 bridgehead atoms. The first kappa shape index (κ1) is 48.7. The summed E-state index contributed by atoms with van der Waals surface area (Å²) in [5.41, 5.74) is 4.66. The maximum Gasteiger partial charge on any atom is 0.407 e. The van der Waals surface area contributed by atoms with Crippen LogP contribution in [0.2, 0.25) is 19.1 Å². The number of imidazole rings is 2. The molecule has 3 aliphatic heterocycles. The Morgan fingerprint density at radius 3 is 2.23 bits per heavy atom. The van der Waals surface area contributed by atoms with Crippen molar-refractivity contribution in [2.45, 2.75) is 127 Å². The highest BCUT2D eigenvalue weighted by Gasteiger charge is 2.47. The van der Waals surface area contributed by atoms with Gasteiger partial charge >= 0.3 is 12.2 Å². The molecule has 5 atom stereocenters. The van der Waals surface area contributed by atoms with Gasteiger partial charge in [-0.2, -0.15) is 0 Å². The Morgan fingerprint density at radius 2 is 1.52 bits per heavy atom. The number of methoxy groups -OCH3 is 2. The summed E-state index contributed by atoms with van der Waals surface area (Å²) >= 11 is 1.63. The molecule has 7 heterocycles. The van der Waals surface area contributed by atoms with Crippen molar-refractivity contribution in [3.05, 3.63) is 82.3 Å². The van der Waals surface area contributed by atoms with Crippen LogP contribution in [0.15, 0.2) is 55.0 Å². The number of aromatic amines is 2. The second-order valence-corrected chi connectivity index (χ2v) is 27.8. The zero-order valence-electron chi connectivity index (χ0n) is 42.1. The highest BCUT2D eigenvalue weighted by Crippen LogP contribution is 2.50. The zero-order valence-corrected chi connectivity index (χ0v) is 43.9. The van der Waals surface area contributed by atoms with Crippen molar-refractivity contribution < 1.29 is 37.8 Å². The number of carbonyl (C=O) groups is 4. The molecule has 2 aromatic carbocycles. The Kier molecular flexibility index (Phi) is 12.9. The van der Waals surface area contributed by atoms with E-state index in [-0.39, 0.29) is 35.7 Å². The molecule has 4 N–H and O–H groups in total. The van der Waals surface area contributed by atoms with Gasteiger partial charge in [0.15, 0.2) is 0 Å². The van der Waals surface area contributed by atoms with Gasteiger partial charge in [0.25, 0.3) is 0 Å². The first-order valence-corrected chi connectivity index (χ1v) is 29.9. The smallest absolute Gasteiger partial charge is 0.407 e. The third-order valence-electron chi connectivity index (χ3n) is 15.6. The number of halogens is 1. The predicted octanol–water partition coefficient (Wildman–Crippen LogP) is 9.98. The van der Waals surface area contributed by atoms with Crippen LogP contribution >= 0.6 is 11.3 Å². The normalized spacial score (nSPS) is 21.4. The van der Waals surface area contributed by atoms with E-state index < -0.39 is 44.4 Å². The lowest BCUT2D eigenvalue weighted by Gasteiger charge is -2.34. The first-order valence-electron chi connectivity index (χ1n) is 25.7. The summed E-state index contributed by atoms with van der Waals surface area (Å²) in [7, 11) is 0.695. The van der Waals surface area contributed by atoms with Crippen molar-refractivity contribution in [2.24, 2.45) is 11.8 Å². The Balaban J connectivity index is 0.907. The molecule has 0 spiro atoms. The van der Waals surface area contributed by atoms with Crippen LogP contribution in [0.1, 0.15) is 117 Å². The summed E-state index contributed by atoms with van der Waals surface area (Å²) in [6, 6.07) is 10.2. The van der Waals surface area contributed by atoms with Crippen molar-refractivity contribution in [1.29, 1.82) is 0 Å². The number of amides is 4. The summed E-state index contributed by atoms with van der Waals surface area (Å²) < 4.78 is 35.9. The average Bonchev–Trinajstić information content (AvgIpc) is 4.07. The number of fused-ring (bicyclic) bond motifs is 5. The highest BCUT2D eigenvalue weighted by molar-refractivity contribution is 7.11. The molecule has 384 valence electrons. The number of carbonyl (C=O) groups excluding carboxylic acids is 4. The molecule has 5 aliphatic rings. The van der Waals surface area contributed by atoms with Crippen LogP contribution in [0.5, 0.6) is 5.75 Å². The number of rotatable bonds is 12. The maximum atomic E-state index is 17.1. The lowest BCUT2D eigenvalue weighted by molar-refractivity contribution is -0.136. The number of hydrogen-bond acceptors (Lipinski definition) is 11. The van der Waals surface area contributed by atoms with Crippen LogP contribution in [-0.2, 0) is 19.1 Å². The number of H-pyrrole nitrogens is 2. The number of nitrogens with zero attached hydrogens (tertiary/aromatic N) is 6. The molecule has 6 aromatic rings. The van der Waals surface area contributed by atoms with Crippen LogP contribution in [0.25, 0.3) is 44.7 Å². The molecule has 17 nitrogen and oxygen atoms in total. The van der Waals surface area contributed by atoms with Gasteiger partial charge < -0.3 is 44.6 Å². The minimum atomic E-state index is -1.91. The standard InChI is InChI=1S/C53H63FN10O7SSi/c1-28(2)44(60-52(67)69-3)49(65)62-18-10-13-38(62)46-55-23-35(58-46)31-16-17-37-33(19-31)21-39-43-34(54)20-32(22-41(43)71-51(64(37)39)42-25-57-48(72-42)30-14-15-30)36-24-56-47(59-36)40-26-73(5,6)27-63(40)50(66)45(61-53(68)70-4)29-11-8-7-9-12-29/h16-17,19-25,28-30,38,40,44-45,51H,7-15,18,26-27H2,1-6H3,(H,55,58)(H,56,59)(H,60,67)(H,61,68)/t38-,40-,44?,45-,51-/m0/s1. The molecule has 2 saturated carbocycles. The van der Waals surface area contributed by atoms with Crippen LogP contribution in [0, 0.1) is 17.7 Å². The molecule has 4 aromatic heterocycles. The zero-order chi connectivity index (χ0) is 50.9. The van der Waals surface area contributed by atoms with Gasteiger partial charge in [-0.3, -0.25) is 14.2 Å². The van der Waals surface area contributed by atoms with Gasteiger partial charge in [-0.1, -0.05) is 52.3 Å². The van der Waals surface area contributed by atoms with E-state index in [9.17, 15) is 19.2 Å². The van der Waals surface area contributed by atoms with Gasteiger partial charge in [-0.25, -0.2) is 28.9 Å². The van der Waals surface area contributed by atoms with Gasteiger partial charge in [0.2, 0.25) is 18.0 Å². The highest BCUT2D eigenvalue weighted by atomic mass is 32.1. The number of benzene rings is 2. The number of likely N-dealkylation sites (tertiary alicyclic amines) is 1. The van der Waals surface area contributed by atoms with Gasteiger partial charge in [0.05, 0.1) is 84.8 Å². The largest absolute Gasteiger partial charge is 0.464 e. The molecule has 73 heavy (non-hydrogen) atoms. The minimum absolute atomic E-state index is 0.0213. The summed E-state index contributed by atoms with van der Waals surface area (Å²) in [6.07, 6.45) is 12.7. The average molecular weight is 1030 g/mol. The van der Waals surface area contributed by atoms with Crippen molar-refractivity contribution in [3.8, 4) is 39.5 Å². The van der Waals surface area contributed by atoms with E-state index in [1.54, 1.807) is 28.6 Å². The van der Waals surface area contributed by atoms with Crippen molar-refractivity contribution in [3.63, 3.8) is 0 Å². The second kappa shape index (κ2) is 19.4. The number of hydrogen-bond donors (Lipinski definition) is 4. The molecule has 1 unspecified atom stereocenters. The molecular formula is C53H63FN10O7SSi. The van der Waals surface area contributed by atoms with Crippen molar-refractivity contribution in [1.82, 2.24) is 49.9 Å². The monoisotopic (exact) mass is 1030 g/mol. The third kappa shape index (κ3) is 9.29. The fourth-order valence-corrected chi connectivity index (χ4v) is 15.7. The molecule has 0 radical (unpaired) electrons. The van der Waals surface area contributed by atoms with Gasteiger partial charge in [0, 0.05) is 41.3 Å². The number of thiazole rings is 1. The summed E-state index contributed by atoms with van der Waals surface area (Å²) in [4.78, 5) is 79.2. The van der Waals surface area contributed by atoms with E-state index in [0.29, 0.717) is 58.5 Å². The molecule has 4 amide bonds. The Morgan fingerprint density at radius 1 is 0.808 bits per heavy atom. The van der Waals surface area contributed by atoms with E-state index in [1.165, 1.54) is 20.3 Å². The Labute approximate surface area is 428 Å². The fourth-order valence-electron chi connectivity index (χ4n) is 11.7. The number of alkyl carbamates (subject to hydrolysis) is 2. The molecule has 2 aliphatic carbocycles. The van der Waals surface area contributed by atoms with Crippen LogP contribution in [0.3, 0.4) is 0 Å². The molecule has 4 fully saturated rings. The summed E-state index contributed by atoms with van der Waals surface area (Å²) in [5.74, 6) is 1.24. The van der Waals surface area contributed by atoms with E-state index >= 15 is 4.39 Å². The second-order valence-electron chi connectivity index (χ2n) is 21.6. The van der Waals surface area contributed by atoms with Crippen LogP contribution in [0.4, 0.5) is 14.0 Å². The van der Waals surface area contributed by atoms with Gasteiger partial charge in [-0.05, 0) is 86.7 Å². The van der Waals surface area contributed by atoms with Crippen molar-refractivity contribution >= 4 is 54.3 Å². The SMILES string of the molecule is COC(=O)NC(C(=O)N1CCC[C@H]1c1ncc(-c2ccc3c(c2)cc2n3[C@H](c3cnc(C4CC4)s3)Oc3cc(-c4cnc([C@@H]5C[Si](C)(C)CN5C(=O)[C@@H](NC(=O)OC)C5CCCCC5)[nH]4)cc(F)c3-2)[nH]1)C(C)C. The van der Waals surface area contributed by atoms with E-state index in [0.717, 1.165) is 95.9 Å². The maximum absolute atomic E-state index is 17.1. The van der Waals surface area contributed by atoms with Gasteiger partial charge in [0.1, 0.15) is 35.3 Å². The Bertz CT molecular complexity index is 3100. The molecule has 20 heteroatoms. The lowest BCUT2D eigenvalue weighted by Crippen LogP contribution is -2.53. The van der Waals surface area contributed by atoms with Crippen LogP contribution in [-0.4, -0.2) is 110 Å². The van der Waals surface area contributed by atoms with Crippen LogP contribution < -0.4 is 15.4 Å². The number of aromatic nitrogens is 6. The third-order valence-corrected chi connectivity index (χ3v) is 19.4. The lowest BCUT2D eigenvalue weighted by atomic mass is 9.83. The topological polar surface area (TPSA) is 202 Å². The number of ether oxygens (including phenoxy) is 3. The quantitative estimate of drug-likeness (QED) is 0.0855. The minimum Gasteiger partial charge on any atom is -0.464 e. The van der Waals surface area contributed by atoms with E-state index in [4.69, 9.17) is 29.2 Å².